The predicted octanol–water partition coefficient (Wildman–Crippen LogP) is 4.93. The molecule has 2 saturated heterocycles. The normalized spacial score (nSPS) is 23.0. The van der Waals surface area contributed by atoms with E-state index in [4.69, 9.17) is 21.1 Å². The highest BCUT2D eigenvalue weighted by Gasteiger charge is 2.45. The molecule has 2 heterocycles. The van der Waals surface area contributed by atoms with Crippen molar-refractivity contribution in [3.63, 3.8) is 0 Å². The molecule has 4 rings (SSSR count). The highest BCUT2D eigenvalue weighted by Crippen LogP contribution is 2.52. The SMILES string of the molecule is CC1CN(C(C)(C)C)CC(COCP(=O)(N(C)C)N2CCN(C(=O)C(Cl)(c3ccccc3)c3ccccc3)CC2)O1. The van der Waals surface area contributed by atoms with Crippen LogP contribution in [0.3, 0.4) is 0 Å². The Morgan fingerprint density at radius 3 is 2.00 bits per heavy atom. The summed E-state index contributed by atoms with van der Waals surface area (Å²) in [6, 6.07) is 19.0. The van der Waals surface area contributed by atoms with Gasteiger partial charge in [0.2, 0.25) is 7.44 Å². The first-order valence-corrected chi connectivity index (χ1v) is 16.6. The molecule has 226 valence electrons. The van der Waals surface area contributed by atoms with E-state index in [-0.39, 0.29) is 30.0 Å². The first-order valence-electron chi connectivity index (χ1n) is 14.5. The molecule has 2 aliphatic rings. The van der Waals surface area contributed by atoms with Gasteiger partial charge in [0.05, 0.1) is 18.8 Å². The Hall–Kier alpha value is -1.77. The van der Waals surface area contributed by atoms with Crippen LogP contribution in [0.5, 0.6) is 0 Å². The van der Waals surface area contributed by atoms with Crippen molar-refractivity contribution >= 4 is 25.0 Å². The van der Waals surface area contributed by atoms with Crippen molar-refractivity contribution in [2.75, 3.05) is 66.3 Å². The van der Waals surface area contributed by atoms with Crippen molar-refractivity contribution in [1.29, 1.82) is 0 Å². The molecule has 0 saturated carbocycles. The molecule has 0 spiro atoms. The molecule has 2 aliphatic heterocycles. The Balaban J connectivity index is 1.41. The van der Waals surface area contributed by atoms with E-state index in [9.17, 15) is 9.36 Å². The third-order valence-electron chi connectivity index (χ3n) is 8.09. The van der Waals surface area contributed by atoms with Gasteiger partial charge in [-0.15, -0.1) is 0 Å². The molecular formula is C31H46ClN4O4P. The van der Waals surface area contributed by atoms with Crippen molar-refractivity contribution in [1.82, 2.24) is 19.1 Å². The van der Waals surface area contributed by atoms with Crippen LogP contribution >= 0.6 is 19.0 Å². The molecule has 0 aliphatic carbocycles. The summed E-state index contributed by atoms with van der Waals surface area (Å²) in [5.41, 5.74) is 1.52. The van der Waals surface area contributed by atoms with Crippen LogP contribution in [0, 0.1) is 0 Å². The van der Waals surface area contributed by atoms with Crippen LogP contribution in [0.4, 0.5) is 0 Å². The largest absolute Gasteiger partial charge is 0.370 e. The van der Waals surface area contributed by atoms with Crippen molar-refractivity contribution in [3.05, 3.63) is 71.8 Å². The van der Waals surface area contributed by atoms with E-state index < -0.39 is 12.3 Å². The fourth-order valence-corrected chi connectivity index (χ4v) is 8.04. The summed E-state index contributed by atoms with van der Waals surface area (Å²) < 4.78 is 30.3. The number of hydrogen-bond acceptors (Lipinski definition) is 5. The molecule has 3 atom stereocenters. The third kappa shape index (κ3) is 7.24. The summed E-state index contributed by atoms with van der Waals surface area (Å²) in [7, 11) is 0.654. The number of morpholine rings is 1. The summed E-state index contributed by atoms with van der Waals surface area (Å²) >= 11 is 7.24. The molecule has 0 N–H and O–H groups in total. The standard InChI is InChI=1S/C31H46ClN4O4P/c1-25-21-35(30(2,3)4)22-28(40-25)23-39-24-41(38,33(5)6)36-19-17-34(18-20-36)29(37)31(32,26-13-9-7-10-14-26)27-15-11-8-12-16-27/h7-16,25,28H,17-24H2,1-6H3. The van der Waals surface area contributed by atoms with Gasteiger partial charge in [0, 0.05) is 44.8 Å². The number of hydrogen-bond donors (Lipinski definition) is 0. The topological polar surface area (TPSA) is 65.6 Å². The Morgan fingerprint density at radius 2 is 1.51 bits per heavy atom. The number of piperazine rings is 1. The number of nitrogens with zero attached hydrogens (tertiary/aromatic N) is 4. The molecule has 2 fully saturated rings. The maximum atomic E-state index is 14.3. The van der Waals surface area contributed by atoms with E-state index in [1.165, 1.54) is 0 Å². The minimum atomic E-state index is -3.01. The summed E-state index contributed by atoms with van der Waals surface area (Å²) in [5, 5.41) is 0. The number of carbonyl (C=O) groups excluding carboxylic acids is 1. The maximum absolute atomic E-state index is 14.3. The quantitative estimate of drug-likeness (QED) is 0.297. The fourth-order valence-electron chi connectivity index (χ4n) is 5.62. The second kappa shape index (κ2) is 13.3. The van der Waals surface area contributed by atoms with Crippen LogP contribution in [0.25, 0.3) is 0 Å². The molecule has 10 heteroatoms. The van der Waals surface area contributed by atoms with E-state index in [2.05, 4.69) is 32.6 Å². The van der Waals surface area contributed by atoms with Crippen LogP contribution in [0.1, 0.15) is 38.8 Å². The molecule has 1 amide bonds. The lowest BCUT2D eigenvalue weighted by Gasteiger charge is -2.44. The minimum Gasteiger partial charge on any atom is -0.370 e. The zero-order valence-corrected chi connectivity index (χ0v) is 27.0. The van der Waals surface area contributed by atoms with Gasteiger partial charge in [0.1, 0.15) is 6.35 Å². The van der Waals surface area contributed by atoms with Gasteiger partial charge in [-0.2, -0.15) is 0 Å². The Labute approximate surface area is 251 Å². The van der Waals surface area contributed by atoms with Gasteiger partial charge < -0.3 is 14.4 Å². The fraction of sp³-hybridized carbons (Fsp3) is 0.581. The van der Waals surface area contributed by atoms with Gasteiger partial charge in [0.15, 0.2) is 4.87 Å². The third-order valence-corrected chi connectivity index (χ3v) is 11.7. The molecular weight excluding hydrogens is 559 g/mol. The van der Waals surface area contributed by atoms with Gasteiger partial charge in [-0.1, -0.05) is 72.3 Å². The van der Waals surface area contributed by atoms with E-state index in [0.29, 0.717) is 32.8 Å². The maximum Gasteiger partial charge on any atom is 0.252 e. The van der Waals surface area contributed by atoms with Gasteiger partial charge in [-0.25, -0.2) is 9.34 Å². The lowest BCUT2D eigenvalue weighted by atomic mass is 9.88. The summed E-state index contributed by atoms with van der Waals surface area (Å²) in [6.45, 7) is 12.6. The Kier molecular flexibility index (Phi) is 10.4. The molecule has 0 bridgehead atoms. The smallest absolute Gasteiger partial charge is 0.252 e. The molecule has 0 aromatic heterocycles. The number of halogens is 1. The van der Waals surface area contributed by atoms with Gasteiger partial charge in [-0.3, -0.25) is 14.3 Å². The highest BCUT2D eigenvalue weighted by molar-refractivity contribution is 7.58. The molecule has 3 unspecified atom stereocenters. The molecule has 41 heavy (non-hydrogen) atoms. The van der Waals surface area contributed by atoms with Crippen LogP contribution in [-0.2, 0) is 23.7 Å². The van der Waals surface area contributed by atoms with Crippen LogP contribution in [-0.4, -0.2) is 109 Å². The number of alkyl halides is 1. The predicted molar refractivity (Wildman–Crippen MR) is 165 cm³/mol. The summed E-state index contributed by atoms with van der Waals surface area (Å²) in [5.74, 6) is -0.167. The molecule has 0 radical (unpaired) electrons. The second-order valence-electron chi connectivity index (χ2n) is 12.3. The molecule has 2 aromatic rings. The second-order valence-corrected chi connectivity index (χ2v) is 15.8. The number of carbonyl (C=O) groups is 1. The van der Waals surface area contributed by atoms with Gasteiger partial charge in [0.25, 0.3) is 5.91 Å². The Bertz CT molecular complexity index is 1150. The first kappa shape index (κ1) is 32.2. The zero-order valence-electron chi connectivity index (χ0n) is 25.3. The Morgan fingerprint density at radius 1 is 0.976 bits per heavy atom. The molecule has 2 aromatic carbocycles. The van der Waals surface area contributed by atoms with Crippen molar-refractivity contribution in [2.24, 2.45) is 0 Å². The van der Waals surface area contributed by atoms with E-state index in [1.807, 2.05) is 79.4 Å². The lowest BCUT2D eigenvalue weighted by Crippen LogP contribution is -2.55. The van der Waals surface area contributed by atoms with Crippen LogP contribution in [0.15, 0.2) is 60.7 Å². The minimum absolute atomic E-state index is 0.0496. The van der Waals surface area contributed by atoms with Gasteiger partial charge in [-0.05, 0) is 52.9 Å². The number of amides is 1. The van der Waals surface area contributed by atoms with Crippen molar-refractivity contribution in [3.8, 4) is 0 Å². The summed E-state index contributed by atoms with van der Waals surface area (Å²) in [4.78, 5) is 16.9. The first-order chi connectivity index (χ1) is 19.4. The number of ether oxygens (including phenoxy) is 2. The van der Waals surface area contributed by atoms with Crippen molar-refractivity contribution < 1.29 is 18.8 Å². The number of benzene rings is 2. The van der Waals surface area contributed by atoms with Crippen molar-refractivity contribution in [2.45, 2.75) is 50.3 Å². The monoisotopic (exact) mass is 604 g/mol. The van der Waals surface area contributed by atoms with E-state index in [1.54, 1.807) is 9.57 Å². The highest BCUT2D eigenvalue weighted by atomic mass is 35.5. The lowest BCUT2D eigenvalue weighted by molar-refractivity contribution is -0.134. The number of rotatable bonds is 9. The average Bonchev–Trinajstić information content (AvgIpc) is 2.96. The zero-order chi connectivity index (χ0) is 29.8. The van der Waals surface area contributed by atoms with Crippen LogP contribution < -0.4 is 0 Å². The van der Waals surface area contributed by atoms with Gasteiger partial charge >= 0.3 is 0 Å². The van der Waals surface area contributed by atoms with E-state index >= 15 is 0 Å². The van der Waals surface area contributed by atoms with Crippen LogP contribution in [0.2, 0.25) is 0 Å². The summed E-state index contributed by atoms with van der Waals surface area (Å²) in [6.07, 6.45) is 0.144. The van der Waals surface area contributed by atoms with E-state index in [0.717, 1.165) is 24.2 Å². The average molecular weight is 605 g/mol. The molecule has 8 nitrogen and oxygen atoms in total.